The van der Waals surface area contributed by atoms with Gasteiger partial charge in [0.05, 0.1) is 7.11 Å². The SMILES string of the molecule is COc1ccc(C2(CNCC(C)C)CC=CC2)cc1. The van der Waals surface area contributed by atoms with Gasteiger partial charge in [-0.25, -0.2) is 0 Å². The lowest BCUT2D eigenvalue weighted by molar-refractivity contribution is 0.398. The zero-order valence-electron chi connectivity index (χ0n) is 12.3. The molecule has 0 spiro atoms. The number of ether oxygens (including phenoxy) is 1. The quantitative estimate of drug-likeness (QED) is 0.789. The first-order valence-electron chi connectivity index (χ1n) is 7.16. The van der Waals surface area contributed by atoms with Crippen molar-refractivity contribution < 1.29 is 4.74 Å². The van der Waals surface area contributed by atoms with Crippen LogP contribution in [0.4, 0.5) is 0 Å². The van der Waals surface area contributed by atoms with Gasteiger partial charge in [0.15, 0.2) is 0 Å². The van der Waals surface area contributed by atoms with Crippen LogP contribution in [0.15, 0.2) is 36.4 Å². The van der Waals surface area contributed by atoms with E-state index in [0.717, 1.165) is 31.7 Å². The average molecular weight is 259 g/mol. The van der Waals surface area contributed by atoms with E-state index in [9.17, 15) is 0 Å². The van der Waals surface area contributed by atoms with E-state index < -0.39 is 0 Å². The Kier molecular flexibility index (Phi) is 4.65. The third kappa shape index (κ3) is 3.38. The fourth-order valence-corrected chi connectivity index (χ4v) is 2.73. The van der Waals surface area contributed by atoms with Gasteiger partial charge in [0.25, 0.3) is 0 Å². The summed E-state index contributed by atoms with van der Waals surface area (Å²) in [5.41, 5.74) is 1.65. The Hall–Kier alpha value is -1.28. The summed E-state index contributed by atoms with van der Waals surface area (Å²) in [5.74, 6) is 1.63. The molecule has 0 radical (unpaired) electrons. The summed E-state index contributed by atoms with van der Waals surface area (Å²) in [5, 5.41) is 3.62. The van der Waals surface area contributed by atoms with Crippen LogP contribution in [0.25, 0.3) is 0 Å². The topological polar surface area (TPSA) is 21.3 Å². The average Bonchev–Trinajstić information content (AvgIpc) is 2.88. The van der Waals surface area contributed by atoms with Gasteiger partial charge in [0, 0.05) is 12.0 Å². The maximum absolute atomic E-state index is 5.25. The van der Waals surface area contributed by atoms with Gasteiger partial charge in [-0.1, -0.05) is 38.1 Å². The molecule has 1 aromatic carbocycles. The maximum atomic E-state index is 5.25. The van der Waals surface area contributed by atoms with E-state index in [1.54, 1.807) is 7.11 Å². The van der Waals surface area contributed by atoms with Crippen molar-refractivity contribution >= 4 is 0 Å². The lowest BCUT2D eigenvalue weighted by Crippen LogP contribution is -2.37. The van der Waals surface area contributed by atoms with E-state index in [0.29, 0.717) is 5.92 Å². The van der Waals surface area contributed by atoms with Crippen LogP contribution in [0, 0.1) is 5.92 Å². The van der Waals surface area contributed by atoms with Crippen LogP contribution < -0.4 is 10.1 Å². The predicted octanol–water partition coefficient (Wildman–Crippen LogP) is 3.53. The van der Waals surface area contributed by atoms with Crippen molar-refractivity contribution in [2.45, 2.75) is 32.1 Å². The molecule has 0 amide bonds. The van der Waals surface area contributed by atoms with Gasteiger partial charge in [-0.15, -0.1) is 0 Å². The molecule has 1 aromatic rings. The Bertz CT molecular complexity index is 411. The maximum Gasteiger partial charge on any atom is 0.118 e. The molecule has 0 saturated heterocycles. The van der Waals surface area contributed by atoms with Crippen molar-refractivity contribution in [2.24, 2.45) is 5.92 Å². The van der Waals surface area contributed by atoms with Gasteiger partial charge in [-0.2, -0.15) is 0 Å². The van der Waals surface area contributed by atoms with Crippen LogP contribution in [0.5, 0.6) is 5.75 Å². The highest BCUT2D eigenvalue weighted by Gasteiger charge is 2.32. The molecule has 0 fully saturated rings. The van der Waals surface area contributed by atoms with E-state index in [1.165, 1.54) is 5.56 Å². The van der Waals surface area contributed by atoms with Crippen molar-refractivity contribution in [3.63, 3.8) is 0 Å². The molecule has 0 bridgehead atoms. The Morgan fingerprint density at radius 2 is 1.79 bits per heavy atom. The van der Waals surface area contributed by atoms with E-state index >= 15 is 0 Å². The standard InChI is InChI=1S/C17H25NO/c1-14(2)12-18-13-17(10-4-5-11-17)15-6-8-16(19-3)9-7-15/h4-9,14,18H,10-13H2,1-3H3. The summed E-state index contributed by atoms with van der Waals surface area (Å²) >= 11 is 0. The largest absolute Gasteiger partial charge is 0.497 e. The van der Waals surface area contributed by atoms with E-state index in [2.05, 4.69) is 55.6 Å². The summed E-state index contributed by atoms with van der Waals surface area (Å²) in [6, 6.07) is 8.56. The number of methoxy groups -OCH3 is 1. The van der Waals surface area contributed by atoms with Crippen LogP contribution in [-0.4, -0.2) is 20.2 Å². The second kappa shape index (κ2) is 6.25. The van der Waals surface area contributed by atoms with Gasteiger partial charge in [-0.05, 0) is 43.0 Å². The van der Waals surface area contributed by atoms with Gasteiger partial charge < -0.3 is 10.1 Å². The van der Waals surface area contributed by atoms with Crippen LogP contribution >= 0.6 is 0 Å². The molecule has 19 heavy (non-hydrogen) atoms. The summed E-state index contributed by atoms with van der Waals surface area (Å²) in [4.78, 5) is 0. The first-order chi connectivity index (χ1) is 9.16. The Morgan fingerprint density at radius 1 is 1.16 bits per heavy atom. The van der Waals surface area contributed by atoms with E-state index in [1.807, 2.05) is 0 Å². The minimum absolute atomic E-state index is 0.237. The molecule has 0 heterocycles. The van der Waals surface area contributed by atoms with Crippen molar-refractivity contribution in [1.82, 2.24) is 5.32 Å². The highest BCUT2D eigenvalue weighted by atomic mass is 16.5. The van der Waals surface area contributed by atoms with Crippen molar-refractivity contribution in [3.05, 3.63) is 42.0 Å². The number of hydrogen-bond donors (Lipinski definition) is 1. The monoisotopic (exact) mass is 259 g/mol. The third-order valence-corrected chi connectivity index (χ3v) is 3.90. The second-order valence-corrected chi connectivity index (χ2v) is 5.91. The smallest absolute Gasteiger partial charge is 0.118 e. The molecule has 0 saturated carbocycles. The van der Waals surface area contributed by atoms with Crippen LogP contribution in [0.3, 0.4) is 0 Å². The molecule has 104 valence electrons. The fraction of sp³-hybridized carbons (Fsp3) is 0.529. The lowest BCUT2D eigenvalue weighted by Gasteiger charge is -2.30. The van der Waals surface area contributed by atoms with E-state index in [4.69, 9.17) is 4.74 Å². The van der Waals surface area contributed by atoms with Crippen LogP contribution in [-0.2, 0) is 5.41 Å². The molecule has 0 aliphatic heterocycles. The summed E-state index contributed by atoms with van der Waals surface area (Å²) in [6.45, 7) is 6.63. The van der Waals surface area contributed by atoms with Gasteiger partial charge in [-0.3, -0.25) is 0 Å². The normalized spacial score (nSPS) is 17.1. The van der Waals surface area contributed by atoms with E-state index in [-0.39, 0.29) is 5.41 Å². The first kappa shape index (κ1) is 14.1. The molecule has 1 aliphatic rings. The molecular formula is C17H25NO. The molecule has 0 aromatic heterocycles. The molecule has 0 atom stereocenters. The van der Waals surface area contributed by atoms with Crippen LogP contribution in [0.1, 0.15) is 32.3 Å². The number of allylic oxidation sites excluding steroid dienone is 2. The van der Waals surface area contributed by atoms with Gasteiger partial charge >= 0.3 is 0 Å². The van der Waals surface area contributed by atoms with Crippen molar-refractivity contribution in [1.29, 1.82) is 0 Å². The first-order valence-corrected chi connectivity index (χ1v) is 7.16. The summed E-state index contributed by atoms with van der Waals surface area (Å²) in [7, 11) is 1.71. The van der Waals surface area contributed by atoms with Gasteiger partial charge in [0.2, 0.25) is 0 Å². The van der Waals surface area contributed by atoms with Crippen molar-refractivity contribution in [2.75, 3.05) is 20.2 Å². The molecular weight excluding hydrogens is 234 g/mol. The summed E-state index contributed by atoms with van der Waals surface area (Å²) < 4.78 is 5.25. The van der Waals surface area contributed by atoms with Crippen LogP contribution in [0.2, 0.25) is 0 Å². The number of rotatable bonds is 6. The highest BCUT2D eigenvalue weighted by molar-refractivity contribution is 5.35. The number of nitrogens with one attached hydrogen (secondary N) is 1. The number of hydrogen-bond acceptors (Lipinski definition) is 2. The minimum Gasteiger partial charge on any atom is -0.497 e. The Labute approximate surface area is 116 Å². The third-order valence-electron chi connectivity index (χ3n) is 3.90. The molecule has 2 nitrogen and oxygen atoms in total. The Morgan fingerprint density at radius 3 is 2.32 bits per heavy atom. The van der Waals surface area contributed by atoms with Gasteiger partial charge in [0.1, 0.15) is 5.75 Å². The lowest BCUT2D eigenvalue weighted by atomic mass is 9.78. The molecule has 2 heteroatoms. The second-order valence-electron chi connectivity index (χ2n) is 5.91. The zero-order chi connectivity index (χ0) is 13.7. The molecule has 2 rings (SSSR count). The molecule has 1 aliphatic carbocycles. The molecule has 0 unspecified atom stereocenters. The predicted molar refractivity (Wildman–Crippen MR) is 80.8 cm³/mol. The Balaban J connectivity index is 2.09. The highest BCUT2D eigenvalue weighted by Crippen LogP contribution is 2.37. The van der Waals surface area contributed by atoms with Crippen molar-refractivity contribution in [3.8, 4) is 5.75 Å². The molecule has 1 N–H and O–H groups in total. The zero-order valence-corrected chi connectivity index (χ0v) is 12.3. The summed E-state index contributed by atoms with van der Waals surface area (Å²) in [6.07, 6.45) is 6.87. The number of benzene rings is 1. The minimum atomic E-state index is 0.237. The fourth-order valence-electron chi connectivity index (χ4n) is 2.73.